The van der Waals surface area contributed by atoms with Crippen molar-refractivity contribution >= 4 is 22.7 Å². The van der Waals surface area contributed by atoms with Gasteiger partial charge >= 0.3 is 5.97 Å². The van der Waals surface area contributed by atoms with Crippen LogP contribution in [-0.4, -0.2) is 64.9 Å². The van der Waals surface area contributed by atoms with Gasteiger partial charge in [0.05, 0.1) is 5.56 Å². The molecule has 1 heterocycles. The molecule has 1 atom stereocenters. The molecule has 2 aromatic rings. The predicted octanol–water partition coefficient (Wildman–Crippen LogP) is 2.23. The number of rotatable bonds is 6. The molecule has 1 fully saturated rings. The van der Waals surface area contributed by atoms with E-state index in [1.54, 1.807) is 35.4 Å². The molecular formula is C22H26N2O4S. The average Bonchev–Trinajstić information content (AvgIpc) is 2.72. The van der Waals surface area contributed by atoms with Crippen LogP contribution in [-0.2, 0) is 26.9 Å². The number of benzene rings is 2. The van der Waals surface area contributed by atoms with Crippen molar-refractivity contribution in [3.05, 3.63) is 65.2 Å². The van der Waals surface area contributed by atoms with Crippen LogP contribution in [0.15, 0.2) is 53.4 Å². The number of piperazine rings is 1. The molecule has 1 unspecified atom stereocenters. The zero-order valence-electron chi connectivity index (χ0n) is 16.8. The van der Waals surface area contributed by atoms with E-state index in [1.165, 1.54) is 11.1 Å². The van der Waals surface area contributed by atoms with E-state index in [-0.39, 0.29) is 12.5 Å². The summed E-state index contributed by atoms with van der Waals surface area (Å²) < 4.78 is 16.6. The van der Waals surface area contributed by atoms with Crippen molar-refractivity contribution in [2.24, 2.45) is 0 Å². The number of aryl methyl sites for hydroxylation is 1. The van der Waals surface area contributed by atoms with Crippen LogP contribution in [0.2, 0.25) is 0 Å². The van der Waals surface area contributed by atoms with E-state index in [0.717, 1.165) is 19.6 Å². The van der Waals surface area contributed by atoms with Crippen LogP contribution in [0.3, 0.4) is 0 Å². The van der Waals surface area contributed by atoms with Gasteiger partial charge in [0, 0.05) is 54.7 Å². The third kappa shape index (κ3) is 5.98. The molecule has 1 amide bonds. The Balaban J connectivity index is 1.43. The smallest absolute Gasteiger partial charge is 0.338 e. The lowest BCUT2D eigenvalue weighted by Crippen LogP contribution is -2.49. The van der Waals surface area contributed by atoms with Gasteiger partial charge in [0.1, 0.15) is 0 Å². The van der Waals surface area contributed by atoms with Gasteiger partial charge in [-0.25, -0.2) is 4.79 Å². The maximum Gasteiger partial charge on any atom is 0.338 e. The largest absolute Gasteiger partial charge is 0.452 e. The number of carbonyl (C=O) groups excluding carboxylic acids is 2. The lowest BCUT2D eigenvalue weighted by Gasteiger charge is -2.34. The Kier molecular flexibility index (Phi) is 7.17. The number of hydrogen-bond donors (Lipinski definition) is 0. The minimum absolute atomic E-state index is 0.181. The van der Waals surface area contributed by atoms with E-state index in [9.17, 15) is 13.8 Å². The summed E-state index contributed by atoms with van der Waals surface area (Å²) in [6, 6.07) is 14.8. The SMILES string of the molecule is Cc1cccc(CN2CCN(C(=O)COC(=O)c3ccc(S(C)=O)cc3)CC2)c1. The van der Waals surface area contributed by atoms with Crippen LogP contribution in [0, 0.1) is 6.92 Å². The highest BCUT2D eigenvalue weighted by Gasteiger charge is 2.22. The molecule has 0 radical (unpaired) electrons. The standard InChI is InChI=1S/C22H26N2O4S/c1-17-4-3-5-18(14-17)15-23-10-12-24(13-11-23)21(25)16-28-22(26)19-6-8-20(9-7-19)29(2)27/h3-9,14H,10-13,15-16H2,1-2H3. The first-order chi connectivity index (χ1) is 13.9. The van der Waals surface area contributed by atoms with Gasteiger partial charge in [0.15, 0.2) is 6.61 Å². The van der Waals surface area contributed by atoms with Gasteiger partial charge in [0.2, 0.25) is 0 Å². The van der Waals surface area contributed by atoms with Crippen molar-refractivity contribution in [2.45, 2.75) is 18.4 Å². The summed E-state index contributed by atoms with van der Waals surface area (Å²) in [7, 11) is -1.10. The second-order valence-corrected chi connectivity index (χ2v) is 8.58. The number of nitrogens with zero attached hydrogens (tertiary/aromatic N) is 2. The summed E-state index contributed by atoms with van der Waals surface area (Å²) in [4.78, 5) is 29.2. The molecular weight excluding hydrogens is 388 g/mol. The fourth-order valence-electron chi connectivity index (χ4n) is 3.31. The van der Waals surface area contributed by atoms with E-state index in [1.807, 2.05) is 0 Å². The van der Waals surface area contributed by atoms with Gasteiger partial charge < -0.3 is 9.64 Å². The number of amides is 1. The minimum Gasteiger partial charge on any atom is -0.452 e. The molecule has 154 valence electrons. The zero-order chi connectivity index (χ0) is 20.8. The highest BCUT2D eigenvalue weighted by Crippen LogP contribution is 2.12. The van der Waals surface area contributed by atoms with Gasteiger partial charge in [-0.05, 0) is 36.8 Å². The Labute approximate surface area is 173 Å². The van der Waals surface area contributed by atoms with Gasteiger partial charge in [-0.15, -0.1) is 0 Å². The summed E-state index contributed by atoms with van der Waals surface area (Å²) in [6.07, 6.45) is 1.58. The van der Waals surface area contributed by atoms with E-state index in [0.29, 0.717) is 23.5 Å². The highest BCUT2D eigenvalue weighted by atomic mass is 32.2. The summed E-state index contributed by atoms with van der Waals surface area (Å²) in [5.74, 6) is -0.732. The normalized spacial score (nSPS) is 15.7. The van der Waals surface area contributed by atoms with Gasteiger partial charge in [-0.1, -0.05) is 29.8 Å². The third-order valence-electron chi connectivity index (χ3n) is 4.96. The minimum atomic E-state index is -1.10. The van der Waals surface area contributed by atoms with Gasteiger partial charge in [-0.3, -0.25) is 13.9 Å². The fourth-order valence-corrected chi connectivity index (χ4v) is 3.83. The molecule has 1 saturated heterocycles. The Morgan fingerprint density at radius 1 is 1.03 bits per heavy atom. The van der Waals surface area contributed by atoms with Crippen LogP contribution in [0.4, 0.5) is 0 Å². The summed E-state index contributed by atoms with van der Waals surface area (Å²) in [6.45, 7) is 5.53. The van der Waals surface area contributed by atoms with Crippen molar-refractivity contribution in [2.75, 3.05) is 39.0 Å². The fraction of sp³-hybridized carbons (Fsp3) is 0.364. The van der Waals surface area contributed by atoms with Crippen molar-refractivity contribution < 1.29 is 18.5 Å². The van der Waals surface area contributed by atoms with E-state index < -0.39 is 16.8 Å². The van der Waals surface area contributed by atoms with Crippen LogP contribution < -0.4 is 0 Å². The second-order valence-electron chi connectivity index (χ2n) is 7.20. The maximum absolute atomic E-state index is 12.4. The molecule has 0 bridgehead atoms. The molecule has 0 saturated carbocycles. The molecule has 6 nitrogen and oxygen atoms in total. The molecule has 0 aromatic heterocycles. The Hall–Kier alpha value is -2.51. The van der Waals surface area contributed by atoms with Crippen LogP contribution in [0.25, 0.3) is 0 Å². The Morgan fingerprint density at radius 3 is 2.34 bits per heavy atom. The first-order valence-electron chi connectivity index (χ1n) is 9.58. The molecule has 0 aliphatic carbocycles. The van der Waals surface area contributed by atoms with Crippen molar-refractivity contribution in [1.29, 1.82) is 0 Å². The first-order valence-corrected chi connectivity index (χ1v) is 11.1. The summed E-state index contributed by atoms with van der Waals surface area (Å²) in [5.41, 5.74) is 2.86. The monoisotopic (exact) mass is 414 g/mol. The number of hydrogen-bond acceptors (Lipinski definition) is 5. The predicted molar refractivity (Wildman–Crippen MR) is 112 cm³/mol. The quantitative estimate of drug-likeness (QED) is 0.678. The summed E-state index contributed by atoms with van der Waals surface area (Å²) in [5, 5.41) is 0. The van der Waals surface area contributed by atoms with Crippen molar-refractivity contribution in [1.82, 2.24) is 9.80 Å². The van der Waals surface area contributed by atoms with Crippen LogP contribution >= 0.6 is 0 Å². The lowest BCUT2D eigenvalue weighted by molar-refractivity contribution is -0.136. The zero-order valence-corrected chi connectivity index (χ0v) is 17.6. The van der Waals surface area contributed by atoms with E-state index in [2.05, 4.69) is 36.1 Å². The molecule has 1 aliphatic heterocycles. The molecule has 1 aliphatic rings. The van der Waals surface area contributed by atoms with Gasteiger partial charge in [-0.2, -0.15) is 0 Å². The number of carbonyl (C=O) groups is 2. The average molecular weight is 415 g/mol. The lowest BCUT2D eigenvalue weighted by atomic mass is 10.1. The van der Waals surface area contributed by atoms with E-state index >= 15 is 0 Å². The molecule has 3 rings (SSSR count). The first kappa shape index (κ1) is 21.2. The molecule has 29 heavy (non-hydrogen) atoms. The number of ether oxygens (including phenoxy) is 1. The van der Waals surface area contributed by atoms with E-state index in [4.69, 9.17) is 4.74 Å². The summed E-state index contributed by atoms with van der Waals surface area (Å²) >= 11 is 0. The number of esters is 1. The highest BCUT2D eigenvalue weighted by molar-refractivity contribution is 7.84. The third-order valence-corrected chi connectivity index (χ3v) is 5.90. The second kappa shape index (κ2) is 9.80. The van der Waals surface area contributed by atoms with Crippen molar-refractivity contribution in [3.63, 3.8) is 0 Å². The molecule has 7 heteroatoms. The topological polar surface area (TPSA) is 66.9 Å². The molecule has 2 aromatic carbocycles. The Morgan fingerprint density at radius 2 is 1.72 bits per heavy atom. The maximum atomic E-state index is 12.4. The van der Waals surface area contributed by atoms with Crippen LogP contribution in [0.1, 0.15) is 21.5 Å². The Bertz CT molecular complexity index is 890. The van der Waals surface area contributed by atoms with Gasteiger partial charge in [0.25, 0.3) is 5.91 Å². The van der Waals surface area contributed by atoms with Crippen molar-refractivity contribution in [3.8, 4) is 0 Å². The molecule has 0 spiro atoms. The van der Waals surface area contributed by atoms with Crippen LogP contribution in [0.5, 0.6) is 0 Å². The molecule has 0 N–H and O–H groups in total.